The number of halogens is 2. The number of nitrogens with one attached hydrogen (secondary N) is 2. The Morgan fingerprint density at radius 2 is 2.20 bits per heavy atom. The van der Waals surface area contributed by atoms with Gasteiger partial charge in [0.15, 0.2) is 0 Å². The first-order valence-electron chi connectivity index (χ1n) is 6.21. The predicted octanol–water partition coefficient (Wildman–Crippen LogP) is 3.99. The zero-order chi connectivity index (χ0) is 14.1. The molecular formula is C14H12Cl2N2OS. The first-order valence-corrected chi connectivity index (χ1v) is 7.78. The van der Waals surface area contributed by atoms with Crippen LogP contribution in [0.1, 0.15) is 21.2 Å². The zero-order valence-corrected chi connectivity index (χ0v) is 12.8. The summed E-state index contributed by atoms with van der Waals surface area (Å²) in [4.78, 5) is 12.6. The monoisotopic (exact) mass is 326 g/mol. The molecule has 0 aliphatic carbocycles. The predicted molar refractivity (Wildman–Crippen MR) is 84.3 cm³/mol. The summed E-state index contributed by atoms with van der Waals surface area (Å²) in [5.41, 5.74) is 2.13. The Balaban J connectivity index is 1.68. The highest BCUT2D eigenvalue weighted by Crippen LogP contribution is 2.36. The quantitative estimate of drug-likeness (QED) is 0.895. The van der Waals surface area contributed by atoms with Crippen LogP contribution in [0, 0.1) is 0 Å². The Kier molecular flexibility index (Phi) is 3.87. The van der Waals surface area contributed by atoms with Crippen LogP contribution in [-0.2, 0) is 0 Å². The summed E-state index contributed by atoms with van der Waals surface area (Å²) < 4.78 is 0.617. The molecule has 3 rings (SSSR count). The minimum absolute atomic E-state index is 0.0950. The molecule has 1 aliphatic heterocycles. The third-order valence-electron chi connectivity index (χ3n) is 3.31. The molecule has 104 valence electrons. The van der Waals surface area contributed by atoms with Gasteiger partial charge in [0.1, 0.15) is 0 Å². The molecule has 2 N–H and O–H groups in total. The SMILES string of the molecule is O=C(NCC1CNc2cccc(Cl)c21)c1ccc(Cl)s1. The van der Waals surface area contributed by atoms with E-state index in [9.17, 15) is 4.79 Å². The lowest BCUT2D eigenvalue weighted by Crippen LogP contribution is -2.28. The Hall–Kier alpha value is -1.23. The van der Waals surface area contributed by atoms with E-state index in [1.54, 1.807) is 12.1 Å². The van der Waals surface area contributed by atoms with Gasteiger partial charge in [-0.25, -0.2) is 0 Å². The number of carbonyl (C=O) groups excluding carboxylic acids is 1. The maximum Gasteiger partial charge on any atom is 0.261 e. The molecule has 6 heteroatoms. The van der Waals surface area contributed by atoms with Crippen LogP contribution in [0.15, 0.2) is 30.3 Å². The maximum atomic E-state index is 12.0. The van der Waals surface area contributed by atoms with Crippen LogP contribution in [0.5, 0.6) is 0 Å². The van der Waals surface area contributed by atoms with Crippen LogP contribution < -0.4 is 10.6 Å². The smallest absolute Gasteiger partial charge is 0.261 e. The van der Waals surface area contributed by atoms with Gasteiger partial charge in [0, 0.05) is 35.3 Å². The second kappa shape index (κ2) is 5.64. The van der Waals surface area contributed by atoms with Crippen LogP contribution in [0.4, 0.5) is 5.69 Å². The molecule has 1 amide bonds. The lowest BCUT2D eigenvalue weighted by molar-refractivity contribution is 0.0956. The van der Waals surface area contributed by atoms with E-state index in [1.807, 2.05) is 18.2 Å². The van der Waals surface area contributed by atoms with Crippen molar-refractivity contribution in [1.82, 2.24) is 5.32 Å². The normalized spacial score (nSPS) is 16.6. The van der Waals surface area contributed by atoms with E-state index in [-0.39, 0.29) is 11.8 Å². The number of rotatable bonds is 3. The summed E-state index contributed by atoms with van der Waals surface area (Å²) in [6.07, 6.45) is 0. The van der Waals surface area contributed by atoms with Gasteiger partial charge in [-0.2, -0.15) is 0 Å². The summed E-state index contributed by atoms with van der Waals surface area (Å²) in [7, 11) is 0. The van der Waals surface area contributed by atoms with Crippen LogP contribution in [-0.4, -0.2) is 19.0 Å². The van der Waals surface area contributed by atoms with Crippen LogP contribution >= 0.6 is 34.5 Å². The lowest BCUT2D eigenvalue weighted by atomic mass is 10.0. The topological polar surface area (TPSA) is 41.1 Å². The molecule has 1 aliphatic rings. The Morgan fingerprint density at radius 3 is 2.95 bits per heavy atom. The molecule has 2 heterocycles. The van der Waals surface area contributed by atoms with E-state index in [4.69, 9.17) is 23.2 Å². The van der Waals surface area contributed by atoms with E-state index >= 15 is 0 Å². The fraction of sp³-hybridized carbons (Fsp3) is 0.214. The number of amides is 1. The van der Waals surface area contributed by atoms with Crippen molar-refractivity contribution < 1.29 is 4.79 Å². The number of fused-ring (bicyclic) bond motifs is 1. The highest BCUT2D eigenvalue weighted by atomic mass is 35.5. The van der Waals surface area contributed by atoms with E-state index in [0.29, 0.717) is 15.8 Å². The van der Waals surface area contributed by atoms with E-state index in [1.165, 1.54) is 11.3 Å². The van der Waals surface area contributed by atoms with Gasteiger partial charge in [-0.05, 0) is 24.3 Å². The van der Waals surface area contributed by atoms with E-state index in [2.05, 4.69) is 10.6 Å². The van der Waals surface area contributed by atoms with Crippen molar-refractivity contribution in [2.45, 2.75) is 5.92 Å². The number of hydrogen-bond acceptors (Lipinski definition) is 3. The average Bonchev–Trinajstić information content (AvgIpc) is 3.03. The zero-order valence-electron chi connectivity index (χ0n) is 10.5. The van der Waals surface area contributed by atoms with Gasteiger partial charge in [0.2, 0.25) is 0 Å². The van der Waals surface area contributed by atoms with Gasteiger partial charge in [-0.15, -0.1) is 11.3 Å². The van der Waals surface area contributed by atoms with Gasteiger partial charge < -0.3 is 10.6 Å². The molecule has 3 nitrogen and oxygen atoms in total. The molecule has 0 radical (unpaired) electrons. The fourth-order valence-electron chi connectivity index (χ4n) is 2.35. The number of hydrogen-bond donors (Lipinski definition) is 2. The highest BCUT2D eigenvalue weighted by molar-refractivity contribution is 7.17. The minimum atomic E-state index is -0.0950. The molecule has 0 bridgehead atoms. The number of benzene rings is 1. The summed E-state index contributed by atoms with van der Waals surface area (Å²) >= 11 is 13.3. The van der Waals surface area contributed by atoms with E-state index < -0.39 is 0 Å². The third-order valence-corrected chi connectivity index (χ3v) is 4.87. The Bertz CT molecular complexity index is 656. The van der Waals surface area contributed by atoms with Crippen LogP contribution in [0.25, 0.3) is 0 Å². The van der Waals surface area contributed by atoms with Gasteiger partial charge in [0.25, 0.3) is 5.91 Å². The van der Waals surface area contributed by atoms with Crippen molar-refractivity contribution in [2.24, 2.45) is 0 Å². The molecular weight excluding hydrogens is 315 g/mol. The molecule has 1 aromatic heterocycles. The summed E-state index contributed by atoms with van der Waals surface area (Å²) in [6.45, 7) is 1.34. The third kappa shape index (κ3) is 2.64. The van der Waals surface area contributed by atoms with Gasteiger partial charge in [0.05, 0.1) is 9.21 Å². The van der Waals surface area contributed by atoms with Crippen molar-refractivity contribution >= 4 is 46.1 Å². The van der Waals surface area contributed by atoms with Crippen LogP contribution in [0.2, 0.25) is 9.36 Å². The largest absolute Gasteiger partial charge is 0.384 e. The first kappa shape index (κ1) is 13.7. The van der Waals surface area contributed by atoms with Crippen LogP contribution in [0.3, 0.4) is 0 Å². The first-order chi connectivity index (χ1) is 9.65. The second-order valence-electron chi connectivity index (χ2n) is 4.59. The summed E-state index contributed by atoms with van der Waals surface area (Å²) in [6, 6.07) is 9.26. The Morgan fingerprint density at radius 1 is 1.35 bits per heavy atom. The highest BCUT2D eigenvalue weighted by Gasteiger charge is 2.25. The molecule has 20 heavy (non-hydrogen) atoms. The average molecular weight is 327 g/mol. The number of anilines is 1. The van der Waals surface area contributed by atoms with Crippen molar-refractivity contribution in [2.75, 3.05) is 18.4 Å². The maximum absolute atomic E-state index is 12.0. The molecule has 1 atom stereocenters. The van der Waals surface area contributed by atoms with Crippen molar-refractivity contribution in [1.29, 1.82) is 0 Å². The second-order valence-corrected chi connectivity index (χ2v) is 6.71. The van der Waals surface area contributed by atoms with Gasteiger partial charge in [-0.3, -0.25) is 4.79 Å². The number of carbonyl (C=O) groups is 1. The number of thiophene rings is 1. The molecule has 0 saturated carbocycles. The molecule has 1 aromatic carbocycles. The molecule has 0 fully saturated rings. The summed E-state index contributed by atoms with van der Waals surface area (Å²) in [5.74, 6) is 0.0977. The van der Waals surface area contributed by atoms with E-state index in [0.717, 1.165) is 22.8 Å². The van der Waals surface area contributed by atoms with Crippen molar-refractivity contribution in [3.8, 4) is 0 Å². The lowest BCUT2D eigenvalue weighted by Gasteiger charge is -2.12. The molecule has 0 saturated heterocycles. The van der Waals surface area contributed by atoms with Crippen molar-refractivity contribution in [3.63, 3.8) is 0 Å². The van der Waals surface area contributed by atoms with Gasteiger partial charge in [-0.1, -0.05) is 29.3 Å². The standard InChI is InChI=1S/C14H12Cl2N2OS/c15-9-2-1-3-10-13(9)8(6-17-10)7-18-14(19)11-4-5-12(16)20-11/h1-5,8,17H,6-7H2,(H,18,19). The van der Waals surface area contributed by atoms with Gasteiger partial charge >= 0.3 is 0 Å². The molecule has 2 aromatic rings. The molecule has 0 spiro atoms. The minimum Gasteiger partial charge on any atom is -0.384 e. The Labute approximate surface area is 130 Å². The van der Waals surface area contributed by atoms with Crippen molar-refractivity contribution in [3.05, 3.63) is 50.1 Å². The summed E-state index contributed by atoms with van der Waals surface area (Å²) in [5, 5.41) is 6.98. The fourth-order valence-corrected chi connectivity index (χ4v) is 3.64. The molecule has 1 unspecified atom stereocenters.